The molecule has 8 nitrogen and oxygen atoms in total. The van der Waals surface area contributed by atoms with Crippen LogP contribution in [0.2, 0.25) is 0 Å². The maximum Gasteiger partial charge on any atom is 0.264 e. The number of hydrogen-bond donors (Lipinski definition) is 2. The minimum absolute atomic E-state index is 0.0730. The van der Waals surface area contributed by atoms with Crippen molar-refractivity contribution in [2.45, 2.75) is 25.3 Å². The molecular formula is C29H28N4O4S. The number of hydrogen-bond acceptors (Lipinski definition) is 5. The first-order valence-corrected chi connectivity index (χ1v) is 13.4. The van der Waals surface area contributed by atoms with Crippen LogP contribution in [-0.2, 0) is 21.4 Å². The number of carbonyl (C=O) groups is 2. The summed E-state index contributed by atoms with van der Waals surface area (Å²) < 4.78 is 28.4. The Labute approximate surface area is 222 Å². The van der Waals surface area contributed by atoms with Crippen molar-refractivity contribution < 1.29 is 18.0 Å². The Morgan fingerprint density at radius 2 is 1.61 bits per heavy atom. The fourth-order valence-electron chi connectivity index (χ4n) is 3.92. The first-order chi connectivity index (χ1) is 18.3. The highest BCUT2D eigenvalue weighted by Crippen LogP contribution is 2.28. The summed E-state index contributed by atoms with van der Waals surface area (Å²) in [7, 11) is -4.06. The molecule has 0 radical (unpaired) electrons. The van der Waals surface area contributed by atoms with E-state index in [2.05, 4.69) is 15.6 Å². The van der Waals surface area contributed by atoms with Gasteiger partial charge in [0.2, 0.25) is 5.91 Å². The molecular weight excluding hydrogens is 500 g/mol. The lowest BCUT2D eigenvalue weighted by atomic mass is 10.1. The zero-order valence-electron chi connectivity index (χ0n) is 21.1. The molecule has 1 heterocycles. The normalized spacial score (nSPS) is 11.0. The molecule has 0 fully saturated rings. The number of sulfonamides is 1. The number of benzene rings is 3. The standard InChI is InChI=1S/C29H28N4O4S/c1-21-10-8-16-27(22(21)2)33(38(36,37)24-12-4-3-5-13-24)20-28(34)32-26-15-7-6-14-25(26)29(35)31-19-23-11-9-17-30-18-23/h3-18H,19-20H2,1-2H3,(H,31,35)(H,32,34). The van der Waals surface area contributed by atoms with Crippen molar-refractivity contribution in [2.24, 2.45) is 0 Å². The molecule has 38 heavy (non-hydrogen) atoms. The Morgan fingerprint density at radius 1 is 0.868 bits per heavy atom. The van der Waals surface area contributed by atoms with Crippen LogP contribution < -0.4 is 14.9 Å². The van der Waals surface area contributed by atoms with E-state index < -0.39 is 22.5 Å². The van der Waals surface area contributed by atoms with Crippen LogP contribution in [-0.4, -0.2) is 31.8 Å². The average Bonchev–Trinajstić information content (AvgIpc) is 2.93. The molecule has 1 aromatic heterocycles. The van der Waals surface area contributed by atoms with Gasteiger partial charge in [0.05, 0.1) is 21.8 Å². The quantitative estimate of drug-likeness (QED) is 0.333. The SMILES string of the molecule is Cc1cccc(N(CC(=O)Nc2ccccc2C(=O)NCc2cccnc2)S(=O)(=O)c2ccccc2)c1C. The minimum atomic E-state index is -4.06. The molecule has 4 rings (SSSR count). The molecule has 4 aromatic rings. The van der Waals surface area contributed by atoms with Crippen molar-refractivity contribution in [1.82, 2.24) is 10.3 Å². The predicted octanol–water partition coefficient (Wildman–Crippen LogP) is 4.46. The van der Waals surface area contributed by atoms with E-state index in [0.717, 1.165) is 21.0 Å². The highest BCUT2D eigenvalue weighted by molar-refractivity contribution is 7.92. The Morgan fingerprint density at radius 3 is 2.34 bits per heavy atom. The Balaban J connectivity index is 1.59. The van der Waals surface area contributed by atoms with E-state index in [1.165, 1.54) is 12.1 Å². The molecule has 0 aliphatic rings. The topological polar surface area (TPSA) is 108 Å². The minimum Gasteiger partial charge on any atom is -0.348 e. The molecule has 0 unspecified atom stereocenters. The van der Waals surface area contributed by atoms with Crippen molar-refractivity contribution in [3.05, 3.63) is 120 Å². The van der Waals surface area contributed by atoms with Gasteiger partial charge >= 0.3 is 0 Å². The lowest BCUT2D eigenvalue weighted by Crippen LogP contribution is -2.39. The summed E-state index contributed by atoms with van der Waals surface area (Å²) in [4.78, 5) is 30.3. The molecule has 2 N–H and O–H groups in total. The van der Waals surface area contributed by atoms with Crippen LogP contribution in [0.4, 0.5) is 11.4 Å². The lowest BCUT2D eigenvalue weighted by molar-refractivity contribution is -0.114. The summed E-state index contributed by atoms with van der Waals surface area (Å²) in [5.41, 5.74) is 3.42. The number of rotatable bonds is 9. The van der Waals surface area contributed by atoms with Crippen molar-refractivity contribution in [3.63, 3.8) is 0 Å². The summed E-state index contributed by atoms with van der Waals surface area (Å²) in [6.45, 7) is 3.49. The molecule has 0 bridgehead atoms. The number of aromatic nitrogens is 1. The van der Waals surface area contributed by atoms with Crippen LogP contribution >= 0.6 is 0 Å². The van der Waals surface area contributed by atoms with Gasteiger partial charge in [0.25, 0.3) is 15.9 Å². The Kier molecular flexibility index (Phi) is 8.18. The second kappa shape index (κ2) is 11.7. The average molecular weight is 529 g/mol. The number of nitrogens with zero attached hydrogens (tertiary/aromatic N) is 2. The van der Waals surface area contributed by atoms with Crippen molar-refractivity contribution in [1.29, 1.82) is 0 Å². The highest BCUT2D eigenvalue weighted by atomic mass is 32.2. The van der Waals surface area contributed by atoms with Gasteiger partial charge in [-0.2, -0.15) is 0 Å². The van der Waals surface area contributed by atoms with Gasteiger partial charge in [-0.3, -0.25) is 18.9 Å². The van der Waals surface area contributed by atoms with Crippen molar-refractivity contribution >= 4 is 33.2 Å². The zero-order valence-corrected chi connectivity index (χ0v) is 21.9. The molecule has 0 aliphatic carbocycles. The van der Waals surface area contributed by atoms with Crippen LogP contribution in [0.1, 0.15) is 27.0 Å². The van der Waals surface area contributed by atoms with Gasteiger partial charge in [-0.15, -0.1) is 0 Å². The predicted molar refractivity (Wildman–Crippen MR) is 147 cm³/mol. The third-order valence-corrected chi connectivity index (χ3v) is 7.86. The van der Waals surface area contributed by atoms with E-state index in [4.69, 9.17) is 0 Å². The largest absolute Gasteiger partial charge is 0.348 e. The fraction of sp³-hybridized carbons (Fsp3) is 0.138. The fourth-order valence-corrected chi connectivity index (χ4v) is 5.42. The number of para-hydroxylation sites is 1. The Hall–Kier alpha value is -4.50. The van der Waals surface area contributed by atoms with Gasteiger partial charge in [-0.05, 0) is 66.9 Å². The highest BCUT2D eigenvalue weighted by Gasteiger charge is 2.29. The number of aryl methyl sites for hydroxylation is 1. The van der Waals surface area contributed by atoms with Crippen molar-refractivity contribution in [3.8, 4) is 0 Å². The molecule has 0 saturated carbocycles. The van der Waals surface area contributed by atoms with Gasteiger partial charge in [-0.1, -0.05) is 48.5 Å². The summed E-state index contributed by atoms with van der Waals surface area (Å²) in [5.74, 6) is -0.967. The third kappa shape index (κ3) is 6.07. The molecule has 194 valence electrons. The van der Waals surface area contributed by atoms with E-state index in [9.17, 15) is 18.0 Å². The van der Waals surface area contributed by atoms with Gasteiger partial charge in [0, 0.05) is 18.9 Å². The molecule has 0 spiro atoms. The molecule has 3 aromatic carbocycles. The number of nitrogens with one attached hydrogen (secondary N) is 2. The van der Waals surface area contributed by atoms with E-state index in [1.807, 2.05) is 26.0 Å². The first-order valence-electron chi connectivity index (χ1n) is 12.0. The summed E-state index contributed by atoms with van der Waals surface area (Å²) >= 11 is 0. The maximum atomic E-state index is 13.7. The number of carbonyl (C=O) groups excluding carboxylic acids is 2. The number of pyridine rings is 1. The summed E-state index contributed by atoms with van der Waals surface area (Å²) in [6, 6.07) is 23.5. The van der Waals surface area contributed by atoms with Gasteiger partial charge in [0.15, 0.2) is 0 Å². The van der Waals surface area contributed by atoms with Gasteiger partial charge in [-0.25, -0.2) is 8.42 Å². The van der Waals surface area contributed by atoms with Gasteiger partial charge < -0.3 is 10.6 Å². The van der Waals surface area contributed by atoms with Crippen molar-refractivity contribution in [2.75, 3.05) is 16.2 Å². The first kappa shape index (κ1) is 26.6. The number of anilines is 2. The van der Waals surface area contributed by atoms with E-state index in [-0.39, 0.29) is 28.6 Å². The molecule has 0 aliphatic heterocycles. The van der Waals surface area contributed by atoms with E-state index in [0.29, 0.717) is 5.69 Å². The van der Waals surface area contributed by atoms with Crippen LogP contribution in [0.25, 0.3) is 0 Å². The molecule has 0 atom stereocenters. The molecule has 2 amide bonds. The summed E-state index contributed by atoms with van der Waals surface area (Å²) in [6.07, 6.45) is 3.30. The van der Waals surface area contributed by atoms with Crippen LogP contribution in [0.5, 0.6) is 0 Å². The van der Waals surface area contributed by atoms with E-state index in [1.54, 1.807) is 73.1 Å². The second-order valence-corrected chi connectivity index (χ2v) is 10.5. The lowest BCUT2D eigenvalue weighted by Gasteiger charge is -2.26. The van der Waals surface area contributed by atoms with Gasteiger partial charge in [0.1, 0.15) is 6.54 Å². The molecule has 9 heteroatoms. The smallest absolute Gasteiger partial charge is 0.264 e. The van der Waals surface area contributed by atoms with Crippen LogP contribution in [0.15, 0.2) is 102 Å². The third-order valence-electron chi connectivity index (χ3n) is 6.08. The summed E-state index contributed by atoms with van der Waals surface area (Å²) in [5, 5.41) is 5.55. The maximum absolute atomic E-state index is 13.7. The number of amides is 2. The second-order valence-electron chi connectivity index (χ2n) is 8.68. The van der Waals surface area contributed by atoms with E-state index >= 15 is 0 Å². The van der Waals surface area contributed by atoms with Crippen LogP contribution in [0, 0.1) is 13.8 Å². The van der Waals surface area contributed by atoms with Crippen LogP contribution in [0.3, 0.4) is 0 Å². The molecule has 0 saturated heterocycles. The Bertz CT molecular complexity index is 1540. The zero-order chi connectivity index (χ0) is 27.1. The monoisotopic (exact) mass is 528 g/mol.